The van der Waals surface area contributed by atoms with E-state index >= 15 is 0 Å². The van der Waals surface area contributed by atoms with Crippen molar-refractivity contribution in [3.05, 3.63) is 0 Å². The van der Waals surface area contributed by atoms with Crippen molar-refractivity contribution < 1.29 is 14.4 Å². The quantitative estimate of drug-likeness (QED) is 0.313. The van der Waals surface area contributed by atoms with E-state index in [2.05, 4.69) is 10.7 Å². The van der Waals surface area contributed by atoms with E-state index in [1.165, 1.54) is 0 Å². The average Bonchev–Trinajstić information content (AvgIpc) is 1.65. The summed E-state index contributed by atoms with van der Waals surface area (Å²) in [5.41, 5.74) is 0. The highest BCUT2D eigenvalue weighted by molar-refractivity contribution is 6.20. The number of carbonyl (C=O) groups excluding carboxylic acids is 2. The first kappa shape index (κ1) is 5.10. The third-order valence-corrected chi connectivity index (χ3v) is 0.190. The second kappa shape index (κ2) is 2.34. The van der Waals surface area contributed by atoms with Gasteiger partial charge in [-0.15, -0.1) is 0 Å². The fourth-order valence-corrected chi connectivity index (χ4v) is 0.0241. The van der Waals surface area contributed by atoms with E-state index in [4.69, 9.17) is 4.79 Å². The summed E-state index contributed by atoms with van der Waals surface area (Å²) in [5.74, 6) is 2.99. The Bertz CT molecular complexity index is 69.2. The van der Waals surface area contributed by atoms with Gasteiger partial charge in [0.25, 0.3) is 0 Å². The molecule has 0 saturated carbocycles. The van der Waals surface area contributed by atoms with Crippen molar-refractivity contribution in [1.82, 2.24) is 0 Å². The fraction of sp³-hybridized carbons (Fsp3) is 0. The minimum absolute atomic E-state index is 0.878. The third kappa shape index (κ3) is 1.42. The zero-order chi connectivity index (χ0) is 4.99. The largest absolute Gasteiger partial charge is 0.402 e. The van der Waals surface area contributed by atoms with Crippen LogP contribution in [0.25, 0.3) is 0 Å². The molecule has 0 bridgehead atoms. The summed E-state index contributed by atoms with van der Waals surface area (Å²) in [6, 6.07) is 0. The van der Waals surface area contributed by atoms with Gasteiger partial charge in [-0.25, -0.2) is 4.79 Å². The maximum atomic E-state index is 9.41. The van der Waals surface area contributed by atoms with E-state index in [1.807, 2.05) is 0 Å². The molecule has 33 valence electrons. The lowest BCUT2D eigenvalue weighted by molar-refractivity contribution is -0.136. The second-order valence-electron chi connectivity index (χ2n) is 0.507. The molecule has 4 heteroatoms. The molecule has 0 aromatic heterocycles. The van der Waals surface area contributed by atoms with E-state index in [0.717, 1.165) is 6.29 Å². The van der Waals surface area contributed by atoms with Crippen molar-refractivity contribution in [2.24, 2.45) is 5.90 Å². The minimum atomic E-state index is -1.19. The predicted molar refractivity (Wildman–Crippen MR) is 16.0 cm³/mol. The minimum Gasteiger partial charge on any atom is -0.367 e. The maximum Gasteiger partial charge on any atom is 0.402 e. The molecule has 0 amide bonds. The van der Waals surface area contributed by atoms with Crippen LogP contribution in [0.3, 0.4) is 0 Å². The first-order valence-corrected chi connectivity index (χ1v) is 1.10. The molecule has 1 radical (unpaired) electrons. The van der Waals surface area contributed by atoms with Crippen LogP contribution in [0.15, 0.2) is 0 Å². The Kier molecular flexibility index (Phi) is 1.99. The summed E-state index contributed by atoms with van der Waals surface area (Å²) >= 11 is 0. The smallest absolute Gasteiger partial charge is 0.367 e. The summed E-state index contributed by atoms with van der Waals surface area (Å²) in [5, 5.41) is 0. The molecule has 0 aliphatic rings. The molecule has 0 unspecified atom stereocenters. The average molecular weight is 88.0 g/mol. The van der Waals surface area contributed by atoms with Crippen LogP contribution in [0.5, 0.6) is 0 Å². The van der Waals surface area contributed by atoms with Crippen LogP contribution in [0.2, 0.25) is 0 Å². The van der Waals surface area contributed by atoms with Gasteiger partial charge >= 0.3 is 12.3 Å². The summed E-state index contributed by atoms with van der Waals surface area (Å²) in [4.78, 5) is 21.8. The van der Waals surface area contributed by atoms with Crippen molar-refractivity contribution in [2.45, 2.75) is 0 Å². The van der Waals surface area contributed by atoms with Gasteiger partial charge in [-0.3, -0.25) is 4.79 Å². The van der Waals surface area contributed by atoms with Crippen molar-refractivity contribution in [1.29, 1.82) is 0 Å². The number of nitrogens with two attached hydrogens (primary N) is 1. The molecule has 6 heavy (non-hydrogen) atoms. The molecule has 0 heterocycles. The van der Waals surface area contributed by atoms with E-state index in [1.54, 1.807) is 0 Å². The Morgan fingerprint density at radius 2 is 2.33 bits per heavy atom. The van der Waals surface area contributed by atoms with Crippen molar-refractivity contribution in [2.75, 3.05) is 0 Å². The molecule has 0 aliphatic carbocycles. The van der Waals surface area contributed by atoms with Gasteiger partial charge in [-0.05, 0) is 0 Å². The van der Waals surface area contributed by atoms with Crippen molar-refractivity contribution in [3.63, 3.8) is 0 Å². The van der Waals surface area contributed by atoms with Gasteiger partial charge < -0.3 is 4.84 Å². The SMILES string of the molecule is NOC(=O)[C]=O. The van der Waals surface area contributed by atoms with E-state index < -0.39 is 5.97 Å². The number of hydrogen-bond donors (Lipinski definition) is 1. The van der Waals surface area contributed by atoms with Gasteiger partial charge in [-0.1, -0.05) is 0 Å². The summed E-state index contributed by atoms with van der Waals surface area (Å²) in [7, 11) is 0. The first-order chi connectivity index (χ1) is 2.81. The standard InChI is InChI=1S/C2H2NO3/c3-6-2(5)1-4/h3H2. The Hall–Kier alpha value is -0.900. The summed E-state index contributed by atoms with van der Waals surface area (Å²) < 4.78 is 0. The molecule has 4 nitrogen and oxygen atoms in total. The Morgan fingerprint density at radius 1 is 1.83 bits per heavy atom. The molecule has 0 aliphatic heterocycles. The van der Waals surface area contributed by atoms with Crippen LogP contribution >= 0.6 is 0 Å². The monoisotopic (exact) mass is 88.0 g/mol. The maximum absolute atomic E-state index is 9.41. The lowest BCUT2D eigenvalue weighted by atomic mass is 10.8. The molecule has 0 atom stereocenters. The van der Waals surface area contributed by atoms with Gasteiger partial charge in [0, 0.05) is 0 Å². The Labute approximate surface area is 33.8 Å². The number of rotatable bonds is 1. The molecule has 0 aromatic carbocycles. The zero-order valence-corrected chi connectivity index (χ0v) is 2.80. The fourth-order valence-electron chi connectivity index (χ4n) is 0.0241. The Balaban J connectivity index is 3.23. The van der Waals surface area contributed by atoms with E-state index in [-0.39, 0.29) is 0 Å². The predicted octanol–water partition coefficient (Wildman–Crippen LogP) is -1.49. The Morgan fingerprint density at radius 3 is 2.33 bits per heavy atom. The highest BCUT2D eigenvalue weighted by Crippen LogP contribution is 1.53. The number of carbonyl (C=O) groups is 1. The van der Waals surface area contributed by atoms with Crippen LogP contribution in [-0.2, 0) is 14.4 Å². The van der Waals surface area contributed by atoms with Crippen LogP contribution in [0, 0.1) is 0 Å². The van der Waals surface area contributed by atoms with Crippen molar-refractivity contribution >= 4 is 12.3 Å². The van der Waals surface area contributed by atoms with Crippen LogP contribution < -0.4 is 5.90 Å². The lowest BCUT2D eigenvalue weighted by Gasteiger charge is -1.77. The molecular weight excluding hydrogens is 86.0 g/mol. The normalized spacial score (nSPS) is 6.83. The molecule has 0 spiro atoms. The molecule has 0 fully saturated rings. The second-order valence-corrected chi connectivity index (χ2v) is 0.507. The van der Waals surface area contributed by atoms with E-state index in [9.17, 15) is 4.79 Å². The zero-order valence-electron chi connectivity index (χ0n) is 2.80. The topological polar surface area (TPSA) is 69.4 Å². The molecule has 2 N–H and O–H groups in total. The van der Waals surface area contributed by atoms with Gasteiger partial charge in [0.1, 0.15) is 0 Å². The first-order valence-electron chi connectivity index (χ1n) is 1.10. The molecular formula is C2H2NO3. The van der Waals surface area contributed by atoms with E-state index in [0.29, 0.717) is 0 Å². The lowest BCUT2D eigenvalue weighted by Crippen LogP contribution is -2.09. The summed E-state index contributed by atoms with van der Waals surface area (Å²) in [6.45, 7) is 0. The molecule has 0 saturated heterocycles. The highest BCUT2D eigenvalue weighted by atomic mass is 16.7. The molecule has 0 aromatic rings. The van der Waals surface area contributed by atoms with Crippen LogP contribution in [-0.4, -0.2) is 12.3 Å². The van der Waals surface area contributed by atoms with Crippen LogP contribution in [0.1, 0.15) is 0 Å². The van der Waals surface area contributed by atoms with Gasteiger partial charge in [0.15, 0.2) is 0 Å². The molecule has 0 rings (SSSR count). The third-order valence-electron chi connectivity index (χ3n) is 0.190. The highest BCUT2D eigenvalue weighted by Gasteiger charge is 1.92. The van der Waals surface area contributed by atoms with Crippen molar-refractivity contribution in [3.8, 4) is 0 Å². The number of hydrogen-bond acceptors (Lipinski definition) is 4. The van der Waals surface area contributed by atoms with Gasteiger partial charge in [0.2, 0.25) is 0 Å². The van der Waals surface area contributed by atoms with Gasteiger partial charge in [0.05, 0.1) is 0 Å². The summed E-state index contributed by atoms with van der Waals surface area (Å²) in [6.07, 6.45) is 0.878. The van der Waals surface area contributed by atoms with Gasteiger partial charge in [-0.2, -0.15) is 5.90 Å². The van der Waals surface area contributed by atoms with Crippen LogP contribution in [0.4, 0.5) is 0 Å².